The third-order valence-electron chi connectivity index (χ3n) is 3.19. The smallest absolute Gasteiger partial charge is 0.131 e. The molecule has 0 spiro atoms. The van der Waals surface area contributed by atoms with Gasteiger partial charge in [-0.05, 0) is 18.9 Å². The summed E-state index contributed by atoms with van der Waals surface area (Å²) in [7, 11) is 0. The molecule has 2 atom stereocenters. The predicted octanol–water partition coefficient (Wildman–Crippen LogP) is 2.55. The SMILES string of the molecule is CCNCc1nnc(C2CCCC2C)s1. The van der Waals surface area contributed by atoms with Crippen molar-refractivity contribution in [3.63, 3.8) is 0 Å². The minimum absolute atomic E-state index is 0.679. The first-order chi connectivity index (χ1) is 7.31. The van der Waals surface area contributed by atoms with Crippen LogP contribution in [0.25, 0.3) is 0 Å². The Kier molecular flexibility index (Phi) is 3.70. The van der Waals surface area contributed by atoms with E-state index in [1.807, 2.05) is 0 Å². The van der Waals surface area contributed by atoms with Crippen molar-refractivity contribution in [3.8, 4) is 0 Å². The number of nitrogens with one attached hydrogen (secondary N) is 1. The van der Waals surface area contributed by atoms with Gasteiger partial charge in [-0.15, -0.1) is 10.2 Å². The van der Waals surface area contributed by atoms with Crippen LogP contribution >= 0.6 is 11.3 Å². The van der Waals surface area contributed by atoms with E-state index >= 15 is 0 Å². The molecule has 1 aliphatic rings. The lowest BCUT2D eigenvalue weighted by Gasteiger charge is -2.10. The molecule has 0 bridgehead atoms. The van der Waals surface area contributed by atoms with Crippen LogP contribution in [0.15, 0.2) is 0 Å². The van der Waals surface area contributed by atoms with Gasteiger partial charge in [-0.25, -0.2) is 0 Å². The summed E-state index contributed by atoms with van der Waals surface area (Å²) in [6, 6.07) is 0. The lowest BCUT2D eigenvalue weighted by Crippen LogP contribution is -2.11. The highest BCUT2D eigenvalue weighted by Gasteiger charge is 2.27. The average molecular weight is 225 g/mol. The first-order valence-corrected chi connectivity index (χ1v) is 6.66. The van der Waals surface area contributed by atoms with Crippen LogP contribution in [0.5, 0.6) is 0 Å². The number of rotatable bonds is 4. The summed E-state index contributed by atoms with van der Waals surface area (Å²) in [6.45, 7) is 6.31. The summed E-state index contributed by atoms with van der Waals surface area (Å²) in [5.74, 6) is 1.47. The van der Waals surface area contributed by atoms with E-state index in [0.717, 1.165) is 24.0 Å². The molecule has 0 aromatic carbocycles. The van der Waals surface area contributed by atoms with Gasteiger partial charge < -0.3 is 5.32 Å². The third kappa shape index (κ3) is 2.55. The number of hydrogen-bond acceptors (Lipinski definition) is 4. The summed E-state index contributed by atoms with van der Waals surface area (Å²) in [5, 5.41) is 14.2. The first kappa shape index (κ1) is 11.0. The van der Waals surface area contributed by atoms with Gasteiger partial charge in [0.2, 0.25) is 0 Å². The second-order valence-corrected chi connectivity index (χ2v) is 5.42. The normalized spacial score (nSPS) is 26.0. The Bertz CT molecular complexity index is 311. The molecule has 1 N–H and O–H groups in total. The summed E-state index contributed by atoms with van der Waals surface area (Å²) < 4.78 is 0. The van der Waals surface area contributed by atoms with Crippen molar-refractivity contribution in [2.24, 2.45) is 5.92 Å². The Labute approximate surface area is 95.3 Å². The van der Waals surface area contributed by atoms with Gasteiger partial charge in [0.25, 0.3) is 0 Å². The fraction of sp³-hybridized carbons (Fsp3) is 0.818. The second kappa shape index (κ2) is 5.03. The van der Waals surface area contributed by atoms with Crippen molar-refractivity contribution < 1.29 is 0 Å². The Hall–Kier alpha value is -0.480. The first-order valence-electron chi connectivity index (χ1n) is 5.84. The lowest BCUT2D eigenvalue weighted by atomic mass is 9.99. The van der Waals surface area contributed by atoms with Gasteiger partial charge >= 0.3 is 0 Å². The van der Waals surface area contributed by atoms with E-state index in [-0.39, 0.29) is 0 Å². The highest BCUT2D eigenvalue weighted by Crippen LogP contribution is 2.40. The van der Waals surface area contributed by atoms with Gasteiger partial charge in [-0.2, -0.15) is 0 Å². The number of hydrogen-bond donors (Lipinski definition) is 1. The maximum absolute atomic E-state index is 4.33. The zero-order valence-electron chi connectivity index (χ0n) is 9.49. The molecule has 15 heavy (non-hydrogen) atoms. The molecule has 0 saturated heterocycles. The van der Waals surface area contributed by atoms with Gasteiger partial charge in [0.1, 0.15) is 10.0 Å². The zero-order valence-corrected chi connectivity index (χ0v) is 10.3. The maximum Gasteiger partial charge on any atom is 0.131 e. The highest BCUT2D eigenvalue weighted by molar-refractivity contribution is 7.11. The van der Waals surface area contributed by atoms with Crippen molar-refractivity contribution >= 4 is 11.3 Å². The van der Waals surface area contributed by atoms with Gasteiger partial charge in [-0.1, -0.05) is 38.0 Å². The maximum atomic E-state index is 4.33. The van der Waals surface area contributed by atoms with Crippen LogP contribution in [0.1, 0.15) is 49.0 Å². The minimum Gasteiger partial charge on any atom is -0.311 e. The van der Waals surface area contributed by atoms with Crippen molar-refractivity contribution in [2.75, 3.05) is 6.54 Å². The van der Waals surface area contributed by atoms with E-state index in [2.05, 4.69) is 29.4 Å². The summed E-state index contributed by atoms with van der Waals surface area (Å²) >= 11 is 1.79. The largest absolute Gasteiger partial charge is 0.311 e. The molecule has 2 rings (SSSR count). The van der Waals surface area contributed by atoms with E-state index < -0.39 is 0 Å². The van der Waals surface area contributed by atoms with E-state index in [1.165, 1.54) is 24.3 Å². The van der Waals surface area contributed by atoms with Crippen molar-refractivity contribution in [1.29, 1.82) is 0 Å². The standard InChI is InChI=1S/C11H19N3S/c1-3-12-7-10-13-14-11(15-10)9-6-4-5-8(9)2/h8-9,12H,3-7H2,1-2H3. The number of nitrogens with zero attached hydrogens (tertiary/aromatic N) is 2. The average Bonchev–Trinajstić information content (AvgIpc) is 2.83. The number of aromatic nitrogens is 2. The molecule has 3 nitrogen and oxygen atoms in total. The van der Waals surface area contributed by atoms with Crippen molar-refractivity contribution in [1.82, 2.24) is 15.5 Å². The predicted molar refractivity (Wildman–Crippen MR) is 63.0 cm³/mol. The van der Waals surface area contributed by atoms with Gasteiger partial charge in [0, 0.05) is 12.5 Å². The molecule has 1 saturated carbocycles. The second-order valence-electron chi connectivity index (χ2n) is 4.33. The molecule has 1 aromatic heterocycles. The molecule has 0 aliphatic heterocycles. The van der Waals surface area contributed by atoms with E-state index in [0.29, 0.717) is 5.92 Å². The topological polar surface area (TPSA) is 37.8 Å². The van der Waals surface area contributed by atoms with E-state index in [4.69, 9.17) is 0 Å². The molecule has 84 valence electrons. The molecule has 0 amide bonds. The monoisotopic (exact) mass is 225 g/mol. The summed E-state index contributed by atoms with van der Waals surface area (Å²) in [4.78, 5) is 0. The quantitative estimate of drug-likeness (QED) is 0.855. The molecule has 1 aliphatic carbocycles. The van der Waals surface area contributed by atoms with E-state index in [1.54, 1.807) is 11.3 Å². The van der Waals surface area contributed by atoms with Crippen LogP contribution < -0.4 is 5.32 Å². The molecule has 0 radical (unpaired) electrons. The highest BCUT2D eigenvalue weighted by atomic mass is 32.1. The molecule has 1 aromatic rings. The van der Waals surface area contributed by atoms with Crippen LogP contribution in [0.4, 0.5) is 0 Å². The van der Waals surface area contributed by atoms with Crippen LogP contribution in [-0.4, -0.2) is 16.7 Å². The molecular weight excluding hydrogens is 206 g/mol. The van der Waals surface area contributed by atoms with Crippen LogP contribution in [-0.2, 0) is 6.54 Å². The third-order valence-corrected chi connectivity index (χ3v) is 4.24. The Morgan fingerprint density at radius 2 is 2.27 bits per heavy atom. The van der Waals surface area contributed by atoms with Crippen molar-refractivity contribution in [3.05, 3.63) is 10.0 Å². The van der Waals surface area contributed by atoms with Crippen molar-refractivity contribution in [2.45, 2.75) is 45.6 Å². The minimum atomic E-state index is 0.679. The van der Waals surface area contributed by atoms with E-state index in [9.17, 15) is 0 Å². The molecule has 4 heteroatoms. The fourth-order valence-electron chi connectivity index (χ4n) is 2.23. The zero-order chi connectivity index (χ0) is 10.7. The molecule has 2 unspecified atom stereocenters. The Morgan fingerprint density at radius 1 is 1.40 bits per heavy atom. The fourth-order valence-corrected chi connectivity index (χ4v) is 3.31. The van der Waals surface area contributed by atoms with Crippen LogP contribution in [0, 0.1) is 5.92 Å². The molecule has 1 heterocycles. The Balaban J connectivity index is 1.99. The molecular formula is C11H19N3S. The molecule has 1 fully saturated rings. The lowest BCUT2D eigenvalue weighted by molar-refractivity contribution is 0.527. The van der Waals surface area contributed by atoms with Crippen LogP contribution in [0.3, 0.4) is 0 Å². The van der Waals surface area contributed by atoms with Gasteiger partial charge in [-0.3, -0.25) is 0 Å². The summed E-state index contributed by atoms with van der Waals surface area (Å²) in [6.07, 6.45) is 4.01. The Morgan fingerprint density at radius 3 is 2.93 bits per heavy atom. The van der Waals surface area contributed by atoms with Gasteiger partial charge in [0.15, 0.2) is 0 Å². The summed E-state index contributed by atoms with van der Waals surface area (Å²) in [5.41, 5.74) is 0. The van der Waals surface area contributed by atoms with Gasteiger partial charge in [0.05, 0.1) is 0 Å². The van der Waals surface area contributed by atoms with Crippen LogP contribution in [0.2, 0.25) is 0 Å².